The number of carbonyl (C=O) groups is 1. The highest BCUT2D eigenvalue weighted by molar-refractivity contribution is 5.99. The van der Waals surface area contributed by atoms with Crippen LogP contribution in [0.5, 0.6) is 0 Å². The highest BCUT2D eigenvalue weighted by atomic mass is 19.1. The summed E-state index contributed by atoms with van der Waals surface area (Å²) >= 11 is 0. The fourth-order valence-corrected chi connectivity index (χ4v) is 4.12. The average Bonchev–Trinajstić information content (AvgIpc) is 3.40. The number of rotatable bonds is 5. The number of fused-ring (bicyclic) bond motifs is 2. The zero-order valence-corrected chi connectivity index (χ0v) is 19.3. The van der Waals surface area contributed by atoms with Crippen LogP contribution in [0, 0.1) is 31.0 Å². The van der Waals surface area contributed by atoms with E-state index in [1.807, 2.05) is 61.0 Å². The third kappa shape index (κ3) is 4.42. The number of halogens is 1. The summed E-state index contributed by atoms with van der Waals surface area (Å²) in [5.74, 6) is -0.103. The van der Waals surface area contributed by atoms with Crippen LogP contribution in [0.15, 0.2) is 66.9 Å². The summed E-state index contributed by atoms with van der Waals surface area (Å²) in [7, 11) is 0. The van der Waals surface area contributed by atoms with Gasteiger partial charge in [0.1, 0.15) is 24.3 Å². The molecule has 0 spiro atoms. The number of para-hydroxylation sites is 1. The maximum Gasteiger partial charge on any atom is 0.244 e. The molecule has 172 valence electrons. The highest BCUT2D eigenvalue weighted by Crippen LogP contribution is 2.27. The average molecular weight is 464 g/mol. The molecular formula is C28H22FN5O. The Labute approximate surface area is 201 Å². The molecule has 6 nitrogen and oxygen atoms in total. The molecule has 0 saturated heterocycles. The highest BCUT2D eigenvalue weighted by Gasteiger charge is 2.14. The van der Waals surface area contributed by atoms with Gasteiger partial charge >= 0.3 is 0 Å². The number of hydrogen-bond acceptors (Lipinski definition) is 3. The summed E-state index contributed by atoms with van der Waals surface area (Å²) < 4.78 is 15.0. The van der Waals surface area contributed by atoms with Gasteiger partial charge in [0, 0.05) is 28.4 Å². The number of nitriles is 1. The molecule has 5 rings (SSSR count). The predicted molar refractivity (Wildman–Crippen MR) is 136 cm³/mol. The summed E-state index contributed by atoms with van der Waals surface area (Å²) in [5.41, 5.74) is 6.57. The number of H-pyrrole nitrogens is 1. The third-order valence-corrected chi connectivity index (χ3v) is 6.03. The molecule has 0 fully saturated rings. The molecule has 0 saturated carbocycles. The Morgan fingerprint density at radius 1 is 1.14 bits per heavy atom. The quantitative estimate of drug-likeness (QED) is 0.315. The van der Waals surface area contributed by atoms with E-state index in [4.69, 9.17) is 0 Å². The van der Waals surface area contributed by atoms with Gasteiger partial charge in [0.25, 0.3) is 0 Å². The van der Waals surface area contributed by atoms with Crippen molar-refractivity contribution in [1.82, 2.24) is 14.5 Å². The lowest BCUT2D eigenvalue weighted by atomic mass is 10.1. The minimum atomic E-state index is -0.362. The minimum absolute atomic E-state index is 0.0663. The number of nitrogens with one attached hydrogen (secondary N) is 2. The summed E-state index contributed by atoms with van der Waals surface area (Å²) in [6, 6.07) is 19.6. The number of aromatic amines is 1. The molecule has 7 heteroatoms. The van der Waals surface area contributed by atoms with Gasteiger partial charge in [0.2, 0.25) is 5.91 Å². The lowest BCUT2D eigenvalue weighted by molar-refractivity contribution is -0.116. The van der Waals surface area contributed by atoms with E-state index in [0.29, 0.717) is 17.1 Å². The first kappa shape index (κ1) is 22.1. The van der Waals surface area contributed by atoms with Crippen LogP contribution in [-0.2, 0) is 11.3 Å². The van der Waals surface area contributed by atoms with Crippen molar-refractivity contribution in [3.8, 4) is 6.07 Å². The van der Waals surface area contributed by atoms with Crippen molar-refractivity contribution >= 4 is 45.2 Å². The van der Waals surface area contributed by atoms with E-state index in [1.54, 1.807) is 6.08 Å². The predicted octanol–water partition coefficient (Wildman–Crippen LogP) is 5.98. The number of imidazole rings is 1. The summed E-state index contributed by atoms with van der Waals surface area (Å²) in [6.45, 7) is 4.14. The summed E-state index contributed by atoms with van der Waals surface area (Å²) in [5, 5.41) is 13.6. The van der Waals surface area contributed by atoms with E-state index in [-0.39, 0.29) is 18.3 Å². The van der Waals surface area contributed by atoms with Crippen molar-refractivity contribution in [1.29, 1.82) is 5.26 Å². The molecule has 0 radical (unpaired) electrons. The molecule has 35 heavy (non-hydrogen) atoms. The smallest absolute Gasteiger partial charge is 0.244 e. The maximum absolute atomic E-state index is 13.1. The second-order valence-electron chi connectivity index (χ2n) is 8.49. The molecule has 3 aromatic carbocycles. The SMILES string of the molecule is Cc1cc2nc(/C(C#N)=C\c3cn(CC(=O)Nc4ccc(F)cc4)c4ccccc34)[nH]c2cc1C. The number of nitrogens with zero attached hydrogens (tertiary/aromatic N) is 3. The van der Waals surface area contributed by atoms with Gasteiger partial charge in [-0.1, -0.05) is 18.2 Å². The van der Waals surface area contributed by atoms with E-state index < -0.39 is 0 Å². The van der Waals surface area contributed by atoms with Crippen molar-refractivity contribution < 1.29 is 9.18 Å². The van der Waals surface area contributed by atoms with E-state index in [2.05, 4.69) is 21.4 Å². The number of aromatic nitrogens is 3. The molecule has 0 unspecified atom stereocenters. The van der Waals surface area contributed by atoms with Crippen LogP contribution in [0.4, 0.5) is 10.1 Å². The molecule has 0 aliphatic heterocycles. The lowest BCUT2D eigenvalue weighted by Gasteiger charge is -2.07. The molecule has 1 amide bonds. The van der Waals surface area contributed by atoms with E-state index in [0.717, 1.165) is 38.6 Å². The molecular weight excluding hydrogens is 441 g/mol. The monoisotopic (exact) mass is 463 g/mol. The van der Waals surface area contributed by atoms with Gasteiger partial charge in [-0.15, -0.1) is 0 Å². The zero-order valence-electron chi connectivity index (χ0n) is 19.3. The van der Waals surface area contributed by atoms with Gasteiger partial charge in [0.05, 0.1) is 16.6 Å². The number of hydrogen-bond donors (Lipinski definition) is 2. The molecule has 0 aliphatic rings. The van der Waals surface area contributed by atoms with Crippen LogP contribution in [-0.4, -0.2) is 20.4 Å². The number of amides is 1. The Kier molecular flexibility index (Phi) is 5.63. The van der Waals surface area contributed by atoms with Crippen LogP contribution in [0.3, 0.4) is 0 Å². The number of aryl methyl sites for hydroxylation is 2. The van der Waals surface area contributed by atoms with Crippen molar-refractivity contribution in [2.24, 2.45) is 0 Å². The maximum atomic E-state index is 13.1. The molecule has 0 atom stereocenters. The Morgan fingerprint density at radius 3 is 2.66 bits per heavy atom. The van der Waals surface area contributed by atoms with Crippen molar-refractivity contribution in [2.45, 2.75) is 20.4 Å². The van der Waals surface area contributed by atoms with Crippen LogP contribution in [0.1, 0.15) is 22.5 Å². The molecule has 2 heterocycles. The molecule has 2 aromatic heterocycles. The van der Waals surface area contributed by atoms with Crippen molar-refractivity contribution in [2.75, 3.05) is 5.32 Å². The van der Waals surface area contributed by atoms with Crippen molar-refractivity contribution in [3.63, 3.8) is 0 Å². The summed E-state index contributed by atoms with van der Waals surface area (Å²) in [6.07, 6.45) is 3.64. The minimum Gasteiger partial charge on any atom is -0.337 e. The fraction of sp³-hybridized carbons (Fsp3) is 0.107. The van der Waals surface area contributed by atoms with Gasteiger partial charge in [-0.3, -0.25) is 4.79 Å². The van der Waals surface area contributed by atoms with Crippen LogP contribution < -0.4 is 5.32 Å². The van der Waals surface area contributed by atoms with Gasteiger partial charge in [-0.25, -0.2) is 9.37 Å². The molecule has 5 aromatic rings. The fourth-order valence-electron chi connectivity index (χ4n) is 4.12. The number of anilines is 1. The molecule has 0 bridgehead atoms. The van der Waals surface area contributed by atoms with Gasteiger partial charge < -0.3 is 14.9 Å². The topological polar surface area (TPSA) is 86.5 Å². The second-order valence-corrected chi connectivity index (χ2v) is 8.49. The second kappa shape index (κ2) is 8.92. The lowest BCUT2D eigenvalue weighted by Crippen LogP contribution is -2.18. The third-order valence-electron chi connectivity index (χ3n) is 6.03. The Bertz CT molecular complexity index is 1610. The van der Waals surface area contributed by atoms with E-state index in [9.17, 15) is 14.4 Å². The standard InChI is InChI=1S/C28H22FN5O/c1-17-11-24-25(12-18(17)2)33-28(32-24)19(14-30)13-20-15-34(26-6-4-3-5-23(20)26)16-27(35)31-22-9-7-21(29)8-10-22/h3-13,15H,16H2,1-2H3,(H,31,35)(H,32,33)/b19-13-. The van der Waals surface area contributed by atoms with Gasteiger partial charge in [-0.2, -0.15) is 5.26 Å². The Balaban J connectivity index is 1.49. The number of benzene rings is 3. The first-order valence-electron chi connectivity index (χ1n) is 11.1. The van der Waals surface area contributed by atoms with Crippen LogP contribution >= 0.6 is 0 Å². The van der Waals surface area contributed by atoms with Crippen molar-refractivity contribution in [3.05, 3.63) is 95.2 Å². The first-order chi connectivity index (χ1) is 16.9. The Hall–Kier alpha value is -4.70. The van der Waals surface area contributed by atoms with E-state index in [1.165, 1.54) is 24.3 Å². The van der Waals surface area contributed by atoms with Gasteiger partial charge in [0.15, 0.2) is 0 Å². The van der Waals surface area contributed by atoms with Crippen LogP contribution in [0.2, 0.25) is 0 Å². The number of allylic oxidation sites excluding steroid dienone is 1. The normalized spacial score (nSPS) is 11.7. The first-order valence-corrected chi connectivity index (χ1v) is 11.1. The number of carbonyl (C=O) groups excluding carboxylic acids is 1. The van der Waals surface area contributed by atoms with E-state index >= 15 is 0 Å². The molecule has 0 aliphatic carbocycles. The zero-order chi connectivity index (χ0) is 24.5. The molecule has 2 N–H and O–H groups in total. The summed E-state index contributed by atoms with van der Waals surface area (Å²) in [4.78, 5) is 20.5. The Morgan fingerprint density at radius 2 is 1.89 bits per heavy atom. The van der Waals surface area contributed by atoms with Crippen LogP contribution in [0.25, 0.3) is 33.6 Å². The van der Waals surface area contributed by atoms with Gasteiger partial charge in [-0.05, 0) is 73.5 Å². The largest absolute Gasteiger partial charge is 0.337 e.